The lowest BCUT2D eigenvalue weighted by Gasteiger charge is -2.16. The first-order valence-electron chi connectivity index (χ1n) is 10.0. The lowest BCUT2D eigenvalue weighted by Crippen LogP contribution is -2.35. The highest BCUT2D eigenvalue weighted by atomic mass is 35.5. The molecule has 0 amide bonds. The zero-order valence-corrected chi connectivity index (χ0v) is 18.2. The normalized spacial score (nSPS) is 27.4. The zero-order chi connectivity index (χ0) is 22.2. The van der Waals surface area contributed by atoms with E-state index >= 15 is 0 Å². The van der Waals surface area contributed by atoms with Crippen LogP contribution in [0.4, 0.5) is 5.82 Å². The third kappa shape index (κ3) is 5.35. The first-order chi connectivity index (χ1) is 14.7. The highest BCUT2D eigenvalue weighted by molar-refractivity contribution is 7.51. The van der Waals surface area contributed by atoms with Gasteiger partial charge < -0.3 is 34.8 Å². The fourth-order valence-corrected chi connectivity index (χ4v) is 4.52. The number of aliphatic hydroxyl groups is 2. The molecule has 1 aliphatic heterocycles. The van der Waals surface area contributed by atoms with Crippen LogP contribution >= 0.6 is 19.2 Å². The van der Waals surface area contributed by atoms with E-state index in [9.17, 15) is 14.8 Å². The summed E-state index contributed by atoms with van der Waals surface area (Å²) in [5.74, 6) is 0.602. The summed E-state index contributed by atoms with van der Waals surface area (Å²) >= 11 is 6.12. The molecule has 3 heterocycles. The fourth-order valence-electron chi connectivity index (χ4n) is 4.01. The van der Waals surface area contributed by atoms with Crippen LogP contribution in [0.25, 0.3) is 11.0 Å². The van der Waals surface area contributed by atoms with Crippen LogP contribution in [0.15, 0.2) is 6.20 Å². The smallest absolute Gasteiger partial charge is 0.350 e. The second-order valence-electron chi connectivity index (χ2n) is 7.89. The molecule has 31 heavy (non-hydrogen) atoms. The number of rotatable bonds is 8. The Morgan fingerprint density at radius 2 is 1.94 bits per heavy atom. The monoisotopic (exact) mass is 477 g/mol. The molecule has 4 rings (SSSR count). The van der Waals surface area contributed by atoms with E-state index in [1.165, 1.54) is 4.68 Å². The second kappa shape index (κ2) is 9.24. The molecule has 14 heteroatoms. The molecular formula is C17H25ClN5O7P. The van der Waals surface area contributed by atoms with Crippen LogP contribution < -0.4 is 5.32 Å². The number of nitrogens with zero attached hydrogens (tertiary/aromatic N) is 4. The summed E-state index contributed by atoms with van der Waals surface area (Å²) in [5.41, 5.74) is 0.465. The average Bonchev–Trinajstić information content (AvgIpc) is 3.39. The summed E-state index contributed by atoms with van der Waals surface area (Å²) in [6.45, 7) is -0.198. The quantitative estimate of drug-likeness (QED) is 0.264. The topological polar surface area (TPSA) is 172 Å². The van der Waals surface area contributed by atoms with Gasteiger partial charge in [0.05, 0.1) is 24.7 Å². The third-order valence-electron chi connectivity index (χ3n) is 5.52. The van der Waals surface area contributed by atoms with Gasteiger partial charge in [-0.25, -0.2) is 4.68 Å². The van der Waals surface area contributed by atoms with Crippen LogP contribution in [0.2, 0.25) is 5.28 Å². The van der Waals surface area contributed by atoms with Crippen LogP contribution in [0.3, 0.4) is 0 Å². The SMILES string of the molecule is O=P(O)(O)COC[C@H]1O[C@H](Cn2ncc3c(NC4CCCC4)nc(Cl)nc32)[C@H](O)[C@@H]1O. The second-order valence-corrected chi connectivity index (χ2v) is 9.82. The lowest BCUT2D eigenvalue weighted by molar-refractivity contribution is -0.0421. The number of fused-ring (bicyclic) bond motifs is 1. The summed E-state index contributed by atoms with van der Waals surface area (Å²) in [4.78, 5) is 26.3. The molecule has 0 aromatic carbocycles. The van der Waals surface area contributed by atoms with Gasteiger partial charge in [-0.05, 0) is 24.4 Å². The van der Waals surface area contributed by atoms with E-state index < -0.39 is 38.4 Å². The highest BCUT2D eigenvalue weighted by Gasteiger charge is 2.43. The fraction of sp³-hybridized carbons (Fsp3) is 0.706. The van der Waals surface area contributed by atoms with E-state index in [0.29, 0.717) is 22.9 Å². The van der Waals surface area contributed by atoms with Gasteiger partial charge in [-0.15, -0.1) is 0 Å². The number of hydrogen-bond acceptors (Lipinski definition) is 9. The van der Waals surface area contributed by atoms with E-state index in [2.05, 4.69) is 20.4 Å². The standard InChI is InChI=1S/C17H25ClN5O7P/c18-17-21-15(20-9-3-1-2-4-9)10-5-19-23(16(10)22-17)6-11-13(24)14(25)12(30-11)7-29-8-31(26,27)28/h5,9,11-14,24-25H,1-4,6-8H2,(H,20,21,22)(H2,26,27,28)/t11-,12-,13+,14-/m1/s1. The van der Waals surface area contributed by atoms with Crippen molar-refractivity contribution in [1.82, 2.24) is 19.7 Å². The molecule has 172 valence electrons. The van der Waals surface area contributed by atoms with E-state index in [1.54, 1.807) is 6.20 Å². The summed E-state index contributed by atoms with van der Waals surface area (Å²) in [6.07, 6.45) is 0.975. The molecule has 2 aromatic rings. The van der Waals surface area contributed by atoms with Crippen molar-refractivity contribution in [2.75, 3.05) is 18.3 Å². The Morgan fingerprint density at radius 3 is 2.65 bits per heavy atom. The Morgan fingerprint density at radius 1 is 1.23 bits per heavy atom. The number of halogens is 1. The lowest BCUT2D eigenvalue weighted by atomic mass is 10.1. The Bertz CT molecular complexity index is 966. The number of anilines is 1. The van der Waals surface area contributed by atoms with Crippen molar-refractivity contribution in [3.63, 3.8) is 0 Å². The van der Waals surface area contributed by atoms with Gasteiger partial charge in [-0.2, -0.15) is 15.1 Å². The molecule has 5 N–H and O–H groups in total. The van der Waals surface area contributed by atoms with Gasteiger partial charge in [0, 0.05) is 6.04 Å². The molecule has 1 aliphatic carbocycles. The molecule has 0 unspecified atom stereocenters. The van der Waals surface area contributed by atoms with E-state index in [4.69, 9.17) is 30.9 Å². The summed E-state index contributed by atoms with van der Waals surface area (Å²) in [7, 11) is -4.34. The largest absolute Gasteiger partial charge is 0.388 e. The average molecular weight is 478 g/mol. The number of ether oxygens (including phenoxy) is 2. The van der Waals surface area contributed by atoms with Crippen LogP contribution in [-0.4, -0.2) is 83.2 Å². The molecule has 0 radical (unpaired) electrons. The maximum atomic E-state index is 10.9. The Labute approximate surface area is 182 Å². The van der Waals surface area contributed by atoms with Crippen LogP contribution in [-0.2, 0) is 20.6 Å². The maximum Gasteiger partial charge on any atom is 0.350 e. The van der Waals surface area contributed by atoms with Gasteiger partial charge in [0.25, 0.3) is 0 Å². The first kappa shape index (κ1) is 22.8. The predicted molar refractivity (Wildman–Crippen MR) is 110 cm³/mol. The molecule has 0 spiro atoms. The Hall–Kier alpha value is -1.37. The summed E-state index contributed by atoms with van der Waals surface area (Å²) in [6, 6.07) is 0.321. The van der Waals surface area contributed by atoms with Crippen molar-refractivity contribution < 1.29 is 34.0 Å². The molecule has 0 bridgehead atoms. The van der Waals surface area contributed by atoms with Crippen molar-refractivity contribution in [2.45, 2.75) is 62.7 Å². The van der Waals surface area contributed by atoms with Gasteiger partial charge in [0.2, 0.25) is 5.28 Å². The minimum atomic E-state index is -4.34. The minimum absolute atomic E-state index is 0.0615. The maximum absolute atomic E-state index is 10.9. The van der Waals surface area contributed by atoms with Crippen molar-refractivity contribution in [3.8, 4) is 0 Å². The molecule has 12 nitrogen and oxygen atoms in total. The molecule has 2 aliphatic rings. The number of aliphatic hydroxyl groups excluding tert-OH is 2. The molecule has 1 saturated carbocycles. The number of hydrogen-bond donors (Lipinski definition) is 5. The van der Waals surface area contributed by atoms with Crippen molar-refractivity contribution in [2.24, 2.45) is 0 Å². The predicted octanol–water partition coefficient (Wildman–Crippen LogP) is 0.475. The van der Waals surface area contributed by atoms with Crippen molar-refractivity contribution in [3.05, 3.63) is 11.5 Å². The number of aromatic nitrogens is 4. The van der Waals surface area contributed by atoms with Gasteiger partial charge in [0.15, 0.2) is 5.65 Å². The van der Waals surface area contributed by atoms with Crippen molar-refractivity contribution in [1.29, 1.82) is 0 Å². The number of nitrogens with one attached hydrogen (secondary N) is 1. The molecular weight excluding hydrogens is 453 g/mol. The minimum Gasteiger partial charge on any atom is -0.388 e. The van der Waals surface area contributed by atoms with Gasteiger partial charge >= 0.3 is 7.60 Å². The van der Waals surface area contributed by atoms with E-state index in [1.807, 2.05) is 0 Å². The van der Waals surface area contributed by atoms with Crippen molar-refractivity contribution >= 4 is 36.0 Å². The molecule has 4 atom stereocenters. The Balaban J connectivity index is 1.46. The highest BCUT2D eigenvalue weighted by Crippen LogP contribution is 2.34. The summed E-state index contributed by atoms with van der Waals surface area (Å²) < 4.78 is 23.0. The molecule has 1 saturated heterocycles. The van der Waals surface area contributed by atoms with E-state index in [-0.39, 0.29) is 18.4 Å². The molecule has 2 aromatic heterocycles. The molecule has 2 fully saturated rings. The zero-order valence-electron chi connectivity index (χ0n) is 16.5. The van der Waals surface area contributed by atoms with Crippen LogP contribution in [0.5, 0.6) is 0 Å². The van der Waals surface area contributed by atoms with Gasteiger partial charge in [-0.3, -0.25) is 4.57 Å². The van der Waals surface area contributed by atoms with Gasteiger partial charge in [-0.1, -0.05) is 12.8 Å². The third-order valence-corrected chi connectivity index (χ3v) is 6.21. The van der Waals surface area contributed by atoms with Gasteiger partial charge in [0.1, 0.15) is 36.6 Å². The Kier molecular flexibility index (Phi) is 6.80. The van der Waals surface area contributed by atoms with Crippen LogP contribution in [0.1, 0.15) is 25.7 Å². The summed E-state index contributed by atoms with van der Waals surface area (Å²) in [5, 5.41) is 29.0. The first-order valence-corrected chi connectivity index (χ1v) is 12.2. The van der Waals surface area contributed by atoms with E-state index in [0.717, 1.165) is 25.7 Å². The van der Waals surface area contributed by atoms with Crippen LogP contribution in [0, 0.1) is 0 Å².